The van der Waals surface area contributed by atoms with Crippen LogP contribution in [0, 0.1) is 5.82 Å². The summed E-state index contributed by atoms with van der Waals surface area (Å²) in [7, 11) is 0. The van der Waals surface area contributed by atoms with Crippen LogP contribution in [0.3, 0.4) is 0 Å². The highest BCUT2D eigenvalue weighted by Gasteiger charge is 2.36. The molecule has 1 aliphatic heterocycles. The minimum Gasteiger partial charge on any atom is -0.505 e. The summed E-state index contributed by atoms with van der Waals surface area (Å²) in [5.74, 6) is -5.23. The molecular weight excluding hydrogens is 413 g/mol. The molecule has 0 atom stereocenters. The predicted octanol–water partition coefficient (Wildman–Crippen LogP) is 2.64. The van der Waals surface area contributed by atoms with Gasteiger partial charge in [0.1, 0.15) is 16.9 Å². The van der Waals surface area contributed by atoms with Gasteiger partial charge in [-0.05, 0) is 24.6 Å². The Morgan fingerprint density at radius 1 is 1.32 bits per heavy atom. The number of aromatic hydroxyl groups is 1. The van der Waals surface area contributed by atoms with Crippen molar-refractivity contribution in [1.29, 1.82) is 0 Å². The predicted molar refractivity (Wildman–Crippen MR) is 108 cm³/mol. The van der Waals surface area contributed by atoms with Crippen LogP contribution in [0.4, 0.5) is 18.9 Å². The fourth-order valence-electron chi connectivity index (χ4n) is 3.69. The molecule has 0 saturated carbocycles. The number of carbonyl (C=O) groups is 1. The van der Waals surface area contributed by atoms with E-state index in [9.17, 15) is 27.9 Å². The second-order valence-electron chi connectivity index (χ2n) is 7.34. The molecule has 10 heteroatoms. The SMILES string of the molecule is CCNC(=O)c1c(O)c2ncc(Cc3ccc(F)cc3)c3c2n(c1=O)CC(F)(F)CN3. The largest absolute Gasteiger partial charge is 0.505 e. The van der Waals surface area contributed by atoms with Gasteiger partial charge >= 0.3 is 0 Å². The lowest BCUT2D eigenvalue weighted by molar-refractivity contribution is -0.000936. The van der Waals surface area contributed by atoms with E-state index in [0.29, 0.717) is 11.1 Å². The van der Waals surface area contributed by atoms with Gasteiger partial charge in [-0.25, -0.2) is 13.2 Å². The molecule has 7 nitrogen and oxygen atoms in total. The molecule has 1 aliphatic rings. The number of hydrogen-bond donors (Lipinski definition) is 3. The Morgan fingerprint density at radius 3 is 2.71 bits per heavy atom. The fourth-order valence-corrected chi connectivity index (χ4v) is 3.69. The van der Waals surface area contributed by atoms with Crippen molar-refractivity contribution in [3.63, 3.8) is 0 Å². The number of alkyl halides is 2. The Bertz CT molecular complexity index is 1240. The topological polar surface area (TPSA) is 96.2 Å². The number of halogens is 3. The number of aromatic nitrogens is 2. The quantitative estimate of drug-likeness (QED) is 0.589. The van der Waals surface area contributed by atoms with Crippen molar-refractivity contribution < 1.29 is 23.1 Å². The average Bonchev–Trinajstić information content (AvgIpc) is 2.86. The summed E-state index contributed by atoms with van der Waals surface area (Å²) in [4.78, 5) is 29.5. The smallest absolute Gasteiger partial charge is 0.282 e. The van der Waals surface area contributed by atoms with Gasteiger partial charge in [0.2, 0.25) is 0 Å². The summed E-state index contributed by atoms with van der Waals surface area (Å²) < 4.78 is 43.0. The first kappa shape index (κ1) is 20.7. The lowest BCUT2D eigenvalue weighted by Crippen LogP contribution is -2.37. The van der Waals surface area contributed by atoms with Crippen LogP contribution in [0.1, 0.15) is 28.4 Å². The lowest BCUT2D eigenvalue weighted by Gasteiger charge is -2.17. The van der Waals surface area contributed by atoms with Gasteiger partial charge in [0, 0.05) is 24.7 Å². The van der Waals surface area contributed by atoms with Gasteiger partial charge in [-0.15, -0.1) is 0 Å². The van der Waals surface area contributed by atoms with Gasteiger partial charge < -0.3 is 15.7 Å². The van der Waals surface area contributed by atoms with Crippen molar-refractivity contribution in [1.82, 2.24) is 14.9 Å². The number of benzene rings is 1. The number of anilines is 1. The third-order valence-electron chi connectivity index (χ3n) is 5.11. The van der Waals surface area contributed by atoms with Gasteiger partial charge in [0.15, 0.2) is 5.75 Å². The molecule has 0 radical (unpaired) electrons. The van der Waals surface area contributed by atoms with E-state index >= 15 is 0 Å². The zero-order valence-electron chi connectivity index (χ0n) is 16.5. The zero-order valence-corrected chi connectivity index (χ0v) is 16.5. The molecule has 1 aromatic carbocycles. The minimum absolute atomic E-state index is 0.00710. The van der Waals surface area contributed by atoms with Gasteiger partial charge in [0.25, 0.3) is 17.4 Å². The van der Waals surface area contributed by atoms with Crippen LogP contribution in [0.25, 0.3) is 11.0 Å². The number of carbonyl (C=O) groups excluding carboxylic acids is 1. The number of hydrogen-bond acceptors (Lipinski definition) is 5. The highest BCUT2D eigenvalue weighted by molar-refractivity contribution is 6.04. The summed E-state index contributed by atoms with van der Waals surface area (Å²) in [6, 6.07) is 5.67. The zero-order chi connectivity index (χ0) is 22.3. The van der Waals surface area contributed by atoms with Crippen molar-refractivity contribution >= 4 is 22.6 Å². The maximum absolute atomic E-state index is 14.5. The normalized spacial score (nSPS) is 14.7. The summed E-state index contributed by atoms with van der Waals surface area (Å²) in [5, 5.41) is 15.7. The molecule has 1 amide bonds. The highest BCUT2D eigenvalue weighted by atomic mass is 19.3. The summed E-state index contributed by atoms with van der Waals surface area (Å²) in [5.41, 5.74) is -0.403. The first-order valence-electron chi connectivity index (χ1n) is 9.63. The van der Waals surface area contributed by atoms with Gasteiger partial charge in [0.05, 0.1) is 24.3 Å². The molecule has 4 rings (SSSR count). The Balaban J connectivity index is 1.98. The minimum atomic E-state index is -3.29. The summed E-state index contributed by atoms with van der Waals surface area (Å²) in [6.45, 7) is 0.0825. The number of nitrogens with zero attached hydrogens (tertiary/aromatic N) is 2. The number of nitrogens with one attached hydrogen (secondary N) is 2. The molecule has 31 heavy (non-hydrogen) atoms. The number of pyridine rings is 2. The third-order valence-corrected chi connectivity index (χ3v) is 5.11. The molecule has 0 aliphatic carbocycles. The fraction of sp³-hybridized carbons (Fsp3) is 0.286. The summed E-state index contributed by atoms with van der Waals surface area (Å²) >= 11 is 0. The molecule has 0 saturated heterocycles. The lowest BCUT2D eigenvalue weighted by atomic mass is 10.0. The van der Waals surface area contributed by atoms with Crippen LogP contribution < -0.4 is 16.2 Å². The Morgan fingerprint density at radius 2 is 2.03 bits per heavy atom. The maximum atomic E-state index is 14.5. The molecule has 3 aromatic rings. The Hall–Kier alpha value is -3.56. The van der Waals surface area contributed by atoms with E-state index in [1.807, 2.05) is 0 Å². The van der Waals surface area contributed by atoms with Crippen molar-refractivity contribution in [2.45, 2.75) is 25.8 Å². The Kier molecular flexibility index (Phi) is 5.08. The molecule has 0 unspecified atom stereocenters. The molecule has 0 spiro atoms. The van der Waals surface area contributed by atoms with E-state index in [-0.39, 0.29) is 29.7 Å². The molecule has 0 fully saturated rings. The highest BCUT2D eigenvalue weighted by Crippen LogP contribution is 2.36. The van der Waals surface area contributed by atoms with Gasteiger partial charge in [-0.3, -0.25) is 19.1 Å². The maximum Gasteiger partial charge on any atom is 0.282 e. The van der Waals surface area contributed by atoms with E-state index in [4.69, 9.17) is 0 Å². The molecule has 3 heterocycles. The Labute approximate surface area is 174 Å². The van der Waals surface area contributed by atoms with Crippen molar-refractivity contribution in [2.75, 3.05) is 18.4 Å². The first-order chi connectivity index (χ1) is 14.7. The molecular formula is C21H19F3N4O3. The second-order valence-corrected chi connectivity index (χ2v) is 7.34. The van der Waals surface area contributed by atoms with Crippen LogP contribution >= 0.6 is 0 Å². The van der Waals surface area contributed by atoms with Crippen LogP contribution in [-0.2, 0) is 13.0 Å². The molecule has 162 valence electrons. The van der Waals surface area contributed by atoms with E-state index in [1.165, 1.54) is 18.3 Å². The molecule has 0 bridgehead atoms. The van der Waals surface area contributed by atoms with Crippen LogP contribution in [0.5, 0.6) is 5.75 Å². The van der Waals surface area contributed by atoms with Gasteiger partial charge in [-0.1, -0.05) is 12.1 Å². The van der Waals surface area contributed by atoms with E-state index < -0.39 is 47.6 Å². The van der Waals surface area contributed by atoms with Crippen LogP contribution in [0.2, 0.25) is 0 Å². The second kappa shape index (κ2) is 7.60. The first-order valence-corrected chi connectivity index (χ1v) is 9.63. The van der Waals surface area contributed by atoms with E-state index in [2.05, 4.69) is 15.6 Å². The van der Waals surface area contributed by atoms with Gasteiger partial charge in [-0.2, -0.15) is 0 Å². The van der Waals surface area contributed by atoms with E-state index in [0.717, 1.165) is 4.57 Å². The molecule has 3 N–H and O–H groups in total. The monoisotopic (exact) mass is 432 g/mol. The van der Waals surface area contributed by atoms with Crippen molar-refractivity contribution in [3.05, 3.63) is 63.3 Å². The summed E-state index contributed by atoms with van der Waals surface area (Å²) in [6.07, 6.45) is 1.61. The van der Waals surface area contributed by atoms with E-state index in [1.54, 1.807) is 19.1 Å². The molecule has 2 aromatic heterocycles. The van der Waals surface area contributed by atoms with Crippen molar-refractivity contribution in [2.24, 2.45) is 0 Å². The number of rotatable bonds is 4. The number of amides is 1. The standard InChI is InChI=1S/C21H19F3N4O3/c1-2-25-19(30)14-18(29)16-17-15(27-9-21(23,24)10-28(17)20(14)31)12(8-26-16)7-11-3-5-13(22)6-4-11/h3-6,8,27,29H,2,7,9-10H2,1H3,(H,25,30). The van der Waals surface area contributed by atoms with Crippen molar-refractivity contribution in [3.8, 4) is 5.75 Å². The van der Waals surface area contributed by atoms with Crippen LogP contribution in [-0.4, -0.2) is 39.6 Å². The third kappa shape index (κ3) is 3.69. The van der Waals surface area contributed by atoms with Crippen LogP contribution in [0.15, 0.2) is 35.3 Å². The average molecular weight is 432 g/mol.